The minimum absolute atomic E-state index is 0.0270. The molecule has 0 aliphatic carbocycles. The molecule has 2 rings (SSSR count). The largest absolute Gasteiger partial charge is 0.478 e. The molecule has 12 nitrogen and oxygen atoms in total. The van der Waals surface area contributed by atoms with E-state index in [1.165, 1.54) is 23.1 Å². The summed E-state index contributed by atoms with van der Waals surface area (Å²) in [6.45, 7) is 2.41. The number of carboxylic acid groups (broad SMARTS) is 1. The number of hydrogen-bond donors (Lipinski definition) is 1. The second kappa shape index (κ2) is 13.1. The maximum Gasteiger partial charge on any atom is 0.337 e. The Bertz CT molecular complexity index is 1410. The molecule has 0 radical (unpaired) electrons. The molecule has 0 unspecified atom stereocenters. The molecule has 0 saturated heterocycles. The van der Waals surface area contributed by atoms with Crippen molar-refractivity contribution in [3.8, 4) is 0 Å². The smallest absolute Gasteiger partial charge is 0.337 e. The highest BCUT2D eigenvalue weighted by atomic mass is 32.2. The van der Waals surface area contributed by atoms with Gasteiger partial charge in [0, 0.05) is 31.7 Å². The molecule has 2 aromatic rings. The number of carbonyl (C=O) groups is 4. The fourth-order valence-corrected chi connectivity index (χ4v) is 4.37. The molecule has 2 aromatic carbocycles. The lowest BCUT2D eigenvalue weighted by atomic mass is 10.1. The molecule has 14 heteroatoms. The van der Waals surface area contributed by atoms with E-state index in [0.717, 1.165) is 51.4 Å². The van der Waals surface area contributed by atoms with E-state index in [2.05, 4.69) is 9.47 Å². The van der Waals surface area contributed by atoms with Crippen molar-refractivity contribution in [2.24, 2.45) is 0 Å². The molecule has 1 N–H and O–H groups in total. The highest BCUT2D eigenvalue weighted by Gasteiger charge is 2.19. The van der Waals surface area contributed by atoms with Crippen LogP contribution in [0.25, 0.3) is 0 Å². The lowest BCUT2D eigenvalue weighted by Crippen LogP contribution is -2.27. The third-order valence-electron chi connectivity index (χ3n) is 4.91. The Morgan fingerprint density at radius 1 is 0.737 bits per heavy atom. The van der Waals surface area contributed by atoms with E-state index in [9.17, 15) is 36.0 Å². The number of carboxylic acids is 1. The molecule has 0 atom stereocenters. The van der Waals surface area contributed by atoms with E-state index in [1.807, 2.05) is 6.92 Å². The predicted octanol–water partition coefficient (Wildman–Crippen LogP) is 1.93. The fourth-order valence-electron chi connectivity index (χ4n) is 3.00. The summed E-state index contributed by atoms with van der Waals surface area (Å²) in [5, 5.41) is 9.00. The van der Waals surface area contributed by atoms with E-state index in [1.54, 1.807) is 7.05 Å². The Balaban J connectivity index is 0.000000382. The van der Waals surface area contributed by atoms with Crippen molar-refractivity contribution in [3.05, 3.63) is 58.7 Å². The minimum Gasteiger partial charge on any atom is -0.478 e. The van der Waals surface area contributed by atoms with Gasteiger partial charge in [0.1, 0.15) is 0 Å². The van der Waals surface area contributed by atoms with E-state index in [-0.39, 0.29) is 32.0 Å². The van der Waals surface area contributed by atoms with E-state index >= 15 is 0 Å². The molecule has 0 heterocycles. The molecule has 1 amide bonds. The summed E-state index contributed by atoms with van der Waals surface area (Å²) in [6, 6.07) is 6.95. The number of carbonyl (C=O) groups excluding carboxylic acids is 3. The minimum atomic E-state index is -3.59. The van der Waals surface area contributed by atoms with Crippen molar-refractivity contribution in [1.82, 2.24) is 4.90 Å². The summed E-state index contributed by atoms with van der Waals surface area (Å²) in [5.74, 6) is -3.14. The van der Waals surface area contributed by atoms with Gasteiger partial charge in [-0.15, -0.1) is 0 Å². The Morgan fingerprint density at radius 3 is 1.45 bits per heavy atom. The monoisotopic (exact) mass is 571 g/mol. The topological polar surface area (TPSA) is 178 Å². The average Bonchev–Trinajstić information content (AvgIpc) is 2.86. The van der Waals surface area contributed by atoms with Crippen molar-refractivity contribution in [2.75, 3.05) is 40.3 Å². The molecule has 0 aliphatic rings. The SMILES string of the molecule is CCCN(C)C(=O)c1cc(C(=O)O)cc(S(C)(=O)=O)c1.COC(=O)c1cc(C(=O)OC)cc(S(C)(=O)=O)c1. The first kappa shape index (κ1) is 32.2. The summed E-state index contributed by atoms with van der Waals surface area (Å²) >= 11 is 0. The molecule has 38 heavy (non-hydrogen) atoms. The number of ether oxygens (including phenoxy) is 2. The average molecular weight is 572 g/mol. The second-order valence-electron chi connectivity index (χ2n) is 8.05. The Kier molecular flexibility index (Phi) is 11.2. The number of nitrogens with zero attached hydrogens (tertiary/aromatic N) is 1. The van der Waals surface area contributed by atoms with Crippen LogP contribution in [0.4, 0.5) is 0 Å². The lowest BCUT2D eigenvalue weighted by Gasteiger charge is -2.16. The standard InChI is InChI=1S/C13H17NO5S.C11H12O6S/c1-4-5-14(2)12(15)9-6-10(13(16)17)8-11(7-9)20(3,18)19;1-16-10(12)7-4-8(11(13)17-2)6-9(5-7)18(3,14)15/h6-8H,4-5H2,1-3H3,(H,16,17);4-6H,1-3H3. The molecular formula is C24H29NO11S2. The molecule has 0 aliphatic heterocycles. The van der Waals surface area contributed by atoms with Gasteiger partial charge in [-0.3, -0.25) is 4.79 Å². The van der Waals surface area contributed by atoms with Gasteiger partial charge < -0.3 is 19.5 Å². The quantitative estimate of drug-likeness (QED) is 0.458. The first-order valence-corrected chi connectivity index (χ1v) is 14.6. The van der Waals surface area contributed by atoms with Gasteiger partial charge in [-0.1, -0.05) is 6.92 Å². The van der Waals surface area contributed by atoms with Crippen LogP contribution in [0.2, 0.25) is 0 Å². The van der Waals surface area contributed by atoms with Gasteiger partial charge in [0.05, 0.1) is 40.7 Å². The zero-order valence-electron chi connectivity index (χ0n) is 21.7. The maximum atomic E-state index is 12.1. The van der Waals surface area contributed by atoms with Crippen LogP contribution in [0.3, 0.4) is 0 Å². The Hall–Kier alpha value is -3.78. The summed E-state index contributed by atoms with van der Waals surface area (Å²) in [6.07, 6.45) is 2.70. The number of aromatic carboxylic acids is 1. The van der Waals surface area contributed by atoms with Gasteiger partial charge in [0.2, 0.25) is 0 Å². The first-order chi connectivity index (χ1) is 17.5. The molecule has 0 fully saturated rings. The van der Waals surface area contributed by atoms with Gasteiger partial charge in [-0.25, -0.2) is 31.2 Å². The van der Waals surface area contributed by atoms with Gasteiger partial charge in [0.25, 0.3) is 5.91 Å². The zero-order valence-corrected chi connectivity index (χ0v) is 23.3. The molecule has 0 saturated carbocycles. The third-order valence-corrected chi connectivity index (χ3v) is 7.10. The number of amides is 1. The van der Waals surface area contributed by atoms with Crippen molar-refractivity contribution < 1.29 is 50.6 Å². The van der Waals surface area contributed by atoms with Gasteiger partial charge in [-0.05, 0) is 42.8 Å². The van der Waals surface area contributed by atoms with Crippen molar-refractivity contribution in [2.45, 2.75) is 23.1 Å². The number of methoxy groups -OCH3 is 2. The zero-order chi connectivity index (χ0) is 29.4. The van der Waals surface area contributed by atoms with Crippen LogP contribution in [-0.4, -0.2) is 91.0 Å². The summed E-state index contributed by atoms with van der Waals surface area (Å²) in [4.78, 5) is 47.0. The first-order valence-electron chi connectivity index (χ1n) is 10.8. The van der Waals surface area contributed by atoms with Gasteiger partial charge in [0.15, 0.2) is 19.7 Å². The van der Waals surface area contributed by atoms with Crippen molar-refractivity contribution >= 4 is 43.5 Å². The highest BCUT2D eigenvalue weighted by Crippen LogP contribution is 2.18. The van der Waals surface area contributed by atoms with Crippen LogP contribution in [0.5, 0.6) is 0 Å². The second-order valence-corrected chi connectivity index (χ2v) is 12.1. The number of rotatable bonds is 8. The van der Waals surface area contributed by atoms with E-state index in [0.29, 0.717) is 6.54 Å². The number of esters is 2. The van der Waals surface area contributed by atoms with Crippen molar-refractivity contribution in [1.29, 1.82) is 0 Å². The molecule has 0 spiro atoms. The van der Waals surface area contributed by atoms with Crippen LogP contribution in [0.15, 0.2) is 46.2 Å². The summed E-state index contributed by atoms with van der Waals surface area (Å²) in [5.41, 5.74) is -0.218. The Morgan fingerprint density at radius 2 is 1.11 bits per heavy atom. The molecule has 0 aromatic heterocycles. The maximum absolute atomic E-state index is 12.1. The number of benzene rings is 2. The Labute approximate surface area is 221 Å². The fraction of sp³-hybridized carbons (Fsp3) is 0.333. The normalized spacial score (nSPS) is 11.0. The molecule has 0 bridgehead atoms. The summed E-state index contributed by atoms with van der Waals surface area (Å²) in [7, 11) is -3.23. The third kappa shape index (κ3) is 8.95. The van der Waals surface area contributed by atoms with E-state index < -0.39 is 43.5 Å². The van der Waals surface area contributed by atoms with Gasteiger partial charge >= 0.3 is 17.9 Å². The summed E-state index contributed by atoms with van der Waals surface area (Å²) < 4.78 is 55.0. The molecule has 208 valence electrons. The molecular weight excluding hydrogens is 542 g/mol. The predicted molar refractivity (Wildman–Crippen MR) is 136 cm³/mol. The van der Waals surface area contributed by atoms with Crippen molar-refractivity contribution in [3.63, 3.8) is 0 Å². The highest BCUT2D eigenvalue weighted by molar-refractivity contribution is 7.91. The van der Waals surface area contributed by atoms with Crippen LogP contribution in [0.1, 0.15) is 54.8 Å². The lowest BCUT2D eigenvalue weighted by molar-refractivity contribution is 0.0596. The van der Waals surface area contributed by atoms with Gasteiger partial charge in [-0.2, -0.15) is 0 Å². The number of hydrogen-bond acceptors (Lipinski definition) is 10. The number of sulfone groups is 2. The van der Waals surface area contributed by atoms with Crippen LogP contribution >= 0.6 is 0 Å². The van der Waals surface area contributed by atoms with E-state index in [4.69, 9.17) is 5.11 Å². The van der Waals surface area contributed by atoms with Crippen LogP contribution in [-0.2, 0) is 29.1 Å². The van der Waals surface area contributed by atoms with Crippen LogP contribution < -0.4 is 0 Å². The van der Waals surface area contributed by atoms with Crippen LogP contribution in [0, 0.1) is 0 Å².